The molecule has 2 aromatic rings. The van der Waals surface area contributed by atoms with Crippen LogP contribution in [-0.4, -0.2) is 23.3 Å². The van der Waals surface area contributed by atoms with E-state index in [0.29, 0.717) is 6.54 Å². The van der Waals surface area contributed by atoms with Crippen LogP contribution in [0.5, 0.6) is 0 Å². The van der Waals surface area contributed by atoms with Crippen molar-refractivity contribution >= 4 is 16.8 Å². The lowest BCUT2D eigenvalue weighted by Gasteiger charge is -2.28. The van der Waals surface area contributed by atoms with Gasteiger partial charge in [0.15, 0.2) is 0 Å². The molecule has 1 aliphatic carbocycles. The molecule has 0 aromatic heterocycles. The largest absolute Gasteiger partial charge is 0.394 e. The highest BCUT2D eigenvalue weighted by Gasteiger charge is 2.34. The van der Waals surface area contributed by atoms with Gasteiger partial charge in [-0.2, -0.15) is 0 Å². The van der Waals surface area contributed by atoms with E-state index in [1.54, 1.807) is 0 Å². The minimum Gasteiger partial charge on any atom is -0.394 e. The molecule has 1 saturated carbocycles. The van der Waals surface area contributed by atoms with Gasteiger partial charge < -0.3 is 15.7 Å². The average molecular weight is 298 g/mol. The molecule has 116 valence electrons. The molecule has 0 saturated heterocycles. The van der Waals surface area contributed by atoms with Crippen LogP contribution < -0.4 is 10.6 Å². The Labute approximate surface area is 130 Å². The smallest absolute Gasteiger partial charge is 0.315 e. The van der Waals surface area contributed by atoms with Gasteiger partial charge in [-0.15, -0.1) is 0 Å². The van der Waals surface area contributed by atoms with Crippen LogP contribution in [0.3, 0.4) is 0 Å². The number of rotatable bonds is 4. The first kappa shape index (κ1) is 14.9. The lowest BCUT2D eigenvalue weighted by Crippen LogP contribution is -2.52. The second-order valence-corrected chi connectivity index (χ2v) is 6.09. The number of aliphatic hydroxyl groups excluding tert-OH is 1. The standard InChI is InChI=1S/C18H22N2O2/c21-13-18(10-3-4-11-18)20-17(22)19-12-15-8-5-7-14-6-1-2-9-16(14)15/h1-2,5-9,21H,3-4,10-13H2,(H2,19,20,22). The van der Waals surface area contributed by atoms with Gasteiger partial charge >= 0.3 is 6.03 Å². The molecular formula is C18H22N2O2. The molecule has 3 N–H and O–H groups in total. The van der Waals surface area contributed by atoms with Crippen LogP contribution in [0, 0.1) is 0 Å². The van der Waals surface area contributed by atoms with Crippen LogP contribution in [-0.2, 0) is 6.54 Å². The summed E-state index contributed by atoms with van der Waals surface area (Å²) in [5.41, 5.74) is 0.667. The summed E-state index contributed by atoms with van der Waals surface area (Å²) in [6, 6.07) is 14.0. The van der Waals surface area contributed by atoms with Crippen LogP contribution in [0.2, 0.25) is 0 Å². The Hall–Kier alpha value is -2.07. The van der Waals surface area contributed by atoms with Crippen LogP contribution in [0.1, 0.15) is 31.2 Å². The zero-order chi connectivity index (χ0) is 15.4. The Morgan fingerprint density at radius 3 is 2.59 bits per heavy atom. The molecule has 1 fully saturated rings. The minimum absolute atomic E-state index is 0.00862. The van der Waals surface area contributed by atoms with Gasteiger partial charge in [-0.05, 0) is 29.2 Å². The van der Waals surface area contributed by atoms with Crippen molar-refractivity contribution in [3.8, 4) is 0 Å². The summed E-state index contributed by atoms with van der Waals surface area (Å²) in [7, 11) is 0. The predicted molar refractivity (Wildman–Crippen MR) is 87.6 cm³/mol. The van der Waals surface area contributed by atoms with Gasteiger partial charge in [0.05, 0.1) is 12.1 Å². The van der Waals surface area contributed by atoms with Crippen molar-refractivity contribution in [2.45, 2.75) is 37.8 Å². The fourth-order valence-electron chi connectivity index (χ4n) is 3.28. The fraction of sp³-hybridized carbons (Fsp3) is 0.389. The summed E-state index contributed by atoms with van der Waals surface area (Å²) in [6.07, 6.45) is 3.82. The van der Waals surface area contributed by atoms with Crippen molar-refractivity contribution in [3.63, 3.8) is 0 Å². The third-order valence-corrected chi connectivity index (χ3v) is 4.56. The molecule has 0 aliphatic heterocycles. The zero-order valence-electron chi connectivity index (χ0n) is 12.6. The monoisotopic (exact) mass is 298 g/mol. The first-order chi connectivity index (χ1) is 10.7. The average Bonchev–Trinajstić information content (AvgIpc) is 3.02. The lowest BCUT2D eigenvalue weighted by atomic mass is 9.99. The van der Waals surface area contributed by atoms with E-state index in [2.05, 4.69) is 28.8 Å². The Morgan fingerprint density at radius 2 is 1.82 bits per heavy atom. The Bertz CT molecular complexity index is 658. The highest BCUT2D eigenvalue weighted by atomic mass is 16.3. The van der Waals surface area contributed by atoms with E-state index >= 15 is 0 Å². The molecule has 0 unspecified atom stereocenters. The van der Waals surface area contributed by atoms with Crippen molar-refractivity contribution in [2.75, 3.05) is 6.61 Å². The predicted octanol–water partition coefficient (Wildman–Crippen LogP) is 2.94. The first-order valence-electron chi connectivity index (χ1n) is 7.86. The maximum atomic E-state index is 12.1. The van der Waals surface area contributed by atoms with Gasteiger partial charge in [0, 0.05) is 6.54 Å². The van der Waals surface area contributed by atoms with Crippen LogP contribution in [0.25, 0.3) is 10.8 Å². The molecule has 0 radical (unpaired) electrons. The van der Waals surface area contributed by atoms with Crippen LogP contribution in [0.15, 0.2) is 42.5 Å². The van der Waals surface area contributed by atoms with E-state index in [1.807, 2.05) is 24.3 Å². The van der Waals surface area contributed by atoms with Gasteiger partial charge in [-0.25, -0.2) is 4.79 Å². The van der Waals surface area contributed by atoms with Crippen molar-refractivity contribution in [2.24, 2.45) is 0 Å². The van der Waals surface area contributed by atoms with Crippen LogP contribution >= 0.6 is 0 Å². The number of carbonyl (C=O) groups excluding carboxylic acids is 1. The maximum absolute atomic E-state index is 12.1. The first-order valence-corrected chi connectivity index (χ1v) is 7.86. The van der Waals surface area contributed by atoms with E-state index in [9.17, 15) is 9.90 Å². The number of amides is 2. The third kappa shape index (κ3) is 3.07. The molecule has 3 rings (SSSR count). The zero-order valence-corrected chi connectivity index (χ0v) is 12.6. The summed E-state index contributed by atoms with van der Waals surface area (Å²) in [6.45, 7) is 0.489. The number of carbonyl (C=O) groups is 1. The van der Waals surface area contributed by atoms with E-state index in [1.165, 1.54) is 5.39 Å². The van der Waals surface area contributed by atoms with E-state index in [-0.39, 0.29) is 12.6 Å². The molecule has 4 heteroatoms. The highest BCUT2D eigenvalue weighted by molar-refractivity contribution is 5.86. The molecule has 0 spiro atoms. The van der Waals surface area contributed by atoms with E-state index in [0.717, 1.165) is 36.6 Å². The Morgan fingerprint density at radius 1 is 1.09 bits per heavy atom. The summed E-state index contributed by atoms with van der Waals surface area (Å²) in [4.78, 5) is 12.1. The second-order valence-electron chi connectivity index (χ2n) is 6.09. The van der Waals surface area contributed by atoms with Crippen molar-refractivity contribution in [1.82, 2.24) is 10.6 Å². The molecule has 22 heavy (non-hydrogen) atoms. The van der Waals surface area contributed by atoms with E-state index in [4.69, 9.17) is 0 Å². The number of aliphatic hydroxyl groups is 1. The minimum atomic E-state index is -0.428. The van der Waals surface area contributed by atoms with Crippen molar-refractivity contribution in [1.29, 1.82) is 0 Å². The fourth-order valence-corrected chi connectivity index (χ4v) is 3.28. The number of fused-ring (bicyclic) bond motifs is 1. The third-order valence-electron chi connectivity index (χ3n) is 4.56. The Kier molecular flexibility index (Phi) is 4.29. The van der Waals surface area contributed by atoms with Crippen molar-refractivity contribution in [3.05, 3.63) is 48.0 Å². The normalized spacial score (nSPS) is 16.6. The van der Waals surface area contributed by atoms with Crippen LogP contribution in [0.4, 0.5) is 4.79 Å². The summed E-state index contributed by atoms with van der Waals surface area (Å²) in [5, 5.41) is 17.8. The summed E-state index contributed by atoms with van der Waals surface area (Å²) < 4.78 is 0. The molecule has 2 aromatic carbocycles. The summed E-state index contributed by atoms with van der Waals surface area (Å²) in [5.74, 6) is 0. The van der Waals surface area contributed by atoms with Gasteiger partial charge in [-0.1, -0.05) is 55.3 Å². The van der Waals surface area contributed by atoms with Gasteiger partial charge in [0.2, 0.25) is 0 Å². The lowest BCUT2D eigenvalue weighted by molar-refractivity contribution is 0.163. The molecule has 4 nitrogen and oxygen atoms in total. The molecular weight excluding hydrogens is 276 g/mol. The van der Waals surface area contributed by atoms with E-state index < -0.39 is 5.54 Å². The second kappa shape index (κ2) is 6.36. The maximum Gasteiger partial charge on any atom is 0.315 e. The van der Waals surface area contributed by atoms with Crippen molar-refractivity contribution < 1.29 is 9.90 Å². The Balaban J connectivity index is 1.65. The molecule has 0 heterocycles. The number of nitrogens with one attached hydrogen (secondary N) is 2. The number of benzene rings is 2. The molecule has 0 atom stereocenters. The SMILES string of the molecule is O=C(NCc1cccc2ccccc12)NC1(CO)CCCC1. The van der Waals surface area contributed by atoms with Gasteiger partial charge in [-0.3, -0.25) is 0 Å². The molecule has 2 amide bonds. The quantitative estimate of drug-likeness (QED) is 0.812. The highest BCUT2D eigenvalue weighted by Crippen LogP contribution is 2.29. The number of urea groups is 1. The molecule has 0 bridgehead atoms. The molecule has 1 aliphatic rings. The summed E-state index contributed by atoms with van der Waals surface area (Å²) >= 11 is 0. The van der Waals surface area contributed by atoms with Gasteiger partial charge in [0.25, 0.3) is 0 Å². The van der Waals surface area contributed by atoms with Gasteiger partial charge in [0.1, 0.15) is 0 Å². The number of hydrogen-bond donors (Lipinski definition) is 3. The topological polar surface area (TPSA) is 61.4 Å². The number of hydrogen-bond acceptors (Lipinski definition) is 2.